The van der Waals surface area contributed by atoms with Gasteiger partial charge in [-0.3, -0.25) is 9.69 Å². The van der Waals surface area contributed by atoms with Gasteiger partial charge in [-0.15, -0.1) is 0 Å². The number of nitrogens with zero attached hydrogens (tertiary/aromatic N) is 4. The first-order chi connectivity index (χ1) is 15.3. The molecule has 7 nitrogen and oxygen atoms in total. The van der Waals surface area contributed by atoms with Gasteiger partial charge in [-0.2, -0.15) is 5.10 Å². The van der Waals surface area contributed by atoms with Crippen molar-refractivity contribution in [2.45, 2.75) is 70.3 Å². The molecule has 2 bridgehead atoms. The second-order valence-electron chi connectivity index (χ2n) is 9.51. The maximum absolute atomic E-state index is 12.2. The predicted molar refractivity (Wildman–Crippen MR) is 123 cm³/mol. The molecule has 2 aromatic heterocycles. The van der Waals surface area contributed by atoms with E-state index in [9.17, 15) is 9.90 Å². The zero-order valence-corrected chi connectivity index (χ0v) is 18.9. The average molecular weight is 435 g/mol. The summed E-state index contributed by atoms with van der Waals surface area (Å²) in [6.07, 6.45) is 3.36. The minimum Gasteiger partial charge on any atom is -0.481 e. The van der Waals surface area contributed by atoms with E-state index >= 15 is 0 Å². The zero-order chi connectivity index (χ0) is 22.5. The number of hydrogen-bond acceptors (Lipinski definition) is 6. The van der Waals surface area contributed by atoms with Crippen molar-refractivity contribution in [3.05, 3.63) is 63.6 Å². The monoisotopic (exact) mass is 434 g/mol. The summed E-state index contributed by atoms with van der Waals surface area (Å²) >= 11 is 0. The first-order valence-corrected chi connectivity index (χ1v) is 11.3. The Bertz CT molecular complexity index is 1210. The van der Waals surface area contributed by atoms with Crippen LogP contribution in [0.2, 0.25) is 0 Å². The smallest absolute Gasteiger partial charge is 0.266 e. The fourth-order valence-corrected chi connectivity index (χ4v) is 5.53. The van der Waals surface area contributed by atoms with Gasteiger partial charge in [-0.1, -0.05) is 12.1 Å². The van der Waals surface area contributed by atoms with Gasteiger partial charge in [0.15, 0.2) is 0 Å². The molecule has 0 radical (unpaired) electrons. The molecule has 0 saturated carbocycles. The van der Waals surface area contributed by atoms with E-state index in [0.717, 1.165) is 41.5 Å². The van der Waals surface area contributed by atoms with Crippen LogP contribution in [-0.4, -0.2) is 49.6 Å². The van der Waals surface area contributed by atoms with E-state index in [-0.39, 0.29) is 24.2 Å². The van der Waals surface area contributed by atoms with Crippen LogP contribution in [0.15, 0.2) is 41.2 Å². The van der Waals surface area contributed by atoms with Crippen LogP contribution in [0.5, 0.6) is 5.88 Å². The topological polar surface area (TPSA) is 80.5 Å². The first-order valence-electron chi connectivity index (χ1n) is 11.3. The minimum atomic E-state index is -0.920. The first kappa shape index (κ1) is 21.1. The van der Waals surface area contributed by atoms with Gasteiger partial charge < -0.3 is 9.84 Å². The third-order valence-corrected chi connectivity index (χ3v) is 7.00. The maximum Gasteiger partial charge on any atom is 0.266 e. The fourth-order valence-electron chi connectivity index (χ4n) is 5.53. The molecule has 4 heterocycles. The molecule has 2 saturated heterocycles. The molecule has 5 rings (SSSR count). The third kappa shape index (κ3) is 3.91. The van der Waals surface area contributed by atoms with E-state index in [2.05, 4.69) is 41.2 Å². The lowest BCUT2D eigenvalue weighted by molar-refractivity contribution is -0.0679. The summed E-state index contributed by atoms with van der Waals surface area (Å²) in [4.78, 5) is 19.5. The highest BCUT2D eigenvalue weighted by Gasteiger charge is 2.48. The molecule has 2 fully saturated rings. The quantitative estimate of drug-likeness (QED) is 0.665. The van der Waals surface area contributed by atoms with E-state index in [1.807, 2.05) is 6.92 Å². The molecule has 2 aliphatic heterocycles. The number of piperidine rings is 1. The second-order valence-corrected chi connectivity index (χ2v) is 9.51. The van der Waals surface area contributed by atoms with Crippen LogP contribution in [0, 0.1) is 13.8 Å². The Morgan fingerprint density at radius 3 is 2.59 bits per heavy atom. The lowest BCUT2D eigenvalue weighted by Gasteiger charge is -2.43. The molecule has 0 amide bonds. The van der Waals surface area contributed by atoms with Crippen LogP contribution in [-0.2, 0) is 13.1 Å². The van der Waals surface area contributed by atoms with Crippen molar-refractivity contribution in [2.24, 2.45) is 0 Å². The number of methoxy groups -OCH3 is 1. The predicted octanol–water partition coefficient (Wildman–Crippen LogP) is 2.98. The number of hydrogen-bond donors (Lipinski definition) is 1. The largest absolute Gasteiger partial charge is 0.481 e. The molecular weight excluding hydrogens is 404 g/mol. The van der Waals surface area contributed by atoms with Gasteiger partial charge in [0.05, 0.1) is 30.5 Å². The molecule has 2 unspecified atom stereocenters. The summed E-state index contributed by atoms with van der Waals surface area (Å²) in [5, 5.41) is 16.9. The van der Waals surface area contributed by atoms with Gasteiger partial charge >= 0.3 is 0 Å². The molecular formula is C25H30N4O3. The maximum atomic E-state index is 12.2. The molecule has 2 atom stereocenters. The molecule has 168 valence electrons. The average Bonchev–Trinajstić information content (AvgIpc) is 3.00. The van der Waals surface area contributed by atoms with E-state index in [1.54, 1.807) is 13.2 Å². The number of fused-ring (bicyclic) bond motifs is 3. The van der Waals surface area contributed by atoms with Crippen LogP contribution in [0.3, 0.4) is 0 Å². The molecule has 2 aliphatic rings. The van der Waals surface area contributed by atoms with Crippen LogP contribution in [0.4, 0.5) is 0 Å². The van der Waals surface area contributed by atoms with Crippen molar-refractivity contribution in [1.29, 1.82) is 0 Å². The third-order valence-electron chi connectivity index (χ3n) is 7.00. The number of aliphatic hydroxyl groups is 1. The zero-order valence-electron chi connectivity index (χ0n) is 18.9. The van der Waals surface area contributed by atoms with E-state index in [1.165, 1.54) is 16.3 Å². The normalized spacial score (nSPS) is 25.4. The van der Waals surface area contributed by atoms with Crippen molar-refractivity contribution in [3.8, 4) is 5.88 Å². The van der Waals surface area contributed by atoms with E-state index in [4.69, 9.17) is 9.72 Å². The molecule has 7 heteroatoms. The van der Waals surface area contributed by atoms with Crippen LogP contribution in [0.1, 0.15) is 42.5 Å². The summed E-state index contributed by atoms with van der Waals surface area (Å²) < 4.78 is 7.06. The van der Waals surface area contributed by atoms with Crippen molar-refractivity contribution >= 4 is 10.9 Å². The second kappa shape index (κ2) is 7.98. The SMILES string of the molecule is COc1nc2cc(C)ccc2cc1CN1C2CCC1CC(O)(Cn1nc(C)ccc1=O)C2. The van der Waals surface area contributed by atoms with Crippen molar-refractivity contribution in [2.75, 3.05) is 7.11 Å². The highest BCUT2D eigenvalue weighted by molar-refractivity contribution is 5.80. The van der Waals surface area contributed by atoms with E-state index in [0.29, 0.717) is 18.7 Å². The number of rotatable bonds is 5. The molecule has 0 aliphatic carbocycles. The summed E-state index contributed by atoms with van der Waals surface area (Å²) in [7, 11) is 1.67. The molecule has 1 aromatic carbocycles. The van der Waals surface area contributed by atoms with Crippen molar-refractivity contribution in [1.82, 2.24) is 19.7 Å². The minimum absolute atomic E-state index is 0.166. The molecule has 3 aromatic rings. The summed E-state index contributed by atoms with van der Waals surface area (Å²) in [5.41, 5.74) is 2.88. The van der Waals surface area contributed by atoms with Gasteiger partial charge in [-0.25, -0.2) is 9.67 Å². The van der Waals surface area contributed by atoms with Crippen molar-refractivity contribution < 1.29 is 9.84 Å². The van der Waals surface area contributed by atoms with E-state index < -0.39 is 5.60 Å². The number of aryl methyl sites for hydroxylation is 2. The Hall–Kier alpha value is -2.77. The fraction of sp³-hybridized carbons (Fsp3) is 0.480. The number of pyridine rings is 1. The Kier molecular flexibility index (Phi) is 5.26. The van der Waals surface area contributed by atoms with Crippen LogP contribution >= 0.6 is 0 Å². The van der Waals surface area contributed by atoms with Gasteiger partial charge in [-0.05, 0) is 63.3 Å². The Balaban J connectivity index is 1.38. The number of ether oxygens (including phenoxy) is 1. The van der Waals surface area contributed by atoms with Gasteiger partial charge in [0.25, 0.3) is 5.56 Å². The standard InChI is InChI=1S/C25H30N4O3/c1-16-4-6-18-11-19(24(32-3)26-22(18)10-16)14-28-20-7-8-21(28)13-25(31,12-20)15-29-23(30)9-5-17(2)27-29/h4-6,9-11,20-21,31H,7-8,12-15H2,1-3H3. The van der Waals surface area contributed by atoms with Crippen molar-refractivity contribution in [3.63, 3.8) is 0 Å². The Labute approximate surface area is 187 Å². The van der Waals surface area contributed by atoms with Crippen LogP contribution in [0.25, 0.3) is 10.9 Å². The van der Waals surface area contributed by atoms with Crippen LogP contribution < -0.4 is 10.3 Å². The van der Waals surface area contributed by atoms with Gasteiger partial charge in [0.2, 0.25) is 5.88 Å². The van der Waals surface area contributed by atoms with Gasteiger partial charge in [0.1, 0.15) is 0 Å². The Morgan fingerprint density at radius 1 is 1.12 bits per heavy atom. The molecule has 32 heavy (non-hydrogen) atoms. The highest BCUT2D eigenvalue weighted by Crippen LogP contribution is 2.43. The summed E-state index contributed by atoms with van der Waals surface area (Å²) in [6.45, 7) is 4.91. The number of benzene rings is 1. The lowest BCUT2D eigenvalue weighted by Crippen LogP contribution is -2.53. The molecule has 0 spiro atoms. The lowest BCUT2D eigenvalue weighted by atomic mass is 9.85. The molecule has 1 N–H and O–H groups in total. The number of aromatic nitrogens is 3. The summed E-state index contributed by atoms with van der Waals surface area (Å²) in [6, 6.07) is 12.2. The summed E-state index contributed by atoms with van der Waals surface area (Å²) in [5.74, 6) is 0.666. The van der Waals surface area contributed by atoms with Gasteiger partial charge in [0, 0.05) is 35.6 Å². The highest BCUT2D eigenvalue weighted by atomic mass is 16.5. The Morgan fingerprint density at radius 2 is 1.88 bits per heavy atom.